The summed E-state index contributed by atoms with van der Waals surface area (Å²) in [4.78, 5) is 2.71. The van der Waals surface area contributed by atoms with Gasteiger partial charge >= 0.3 is 6.18 Å². The Morgan fingerprint density at radius 1 is 1.00 bits per heavy atom. The van der Waals surface area contributed by atoms with Gasteiger partial charge in [0, 0.05) is 12.6 Å². The van der Waals surface area contributed by atoms with Crippen LogP contribution >= 0.6 is 0 Å². The fourth-order valence-corrected chi connectivity index (χ4v) is 5.18. The zero-order valence-corrected chi connectivity index (χ0v) is 18.1. The first-order valence-electron chi connectivity index (χ1n) is 11.6. The van der Waals surface area contributed by atoms with Crippen LogP contribution in [0.5, 0.6) is 0 Å². The Bertz CT molecular complexity index is 601. The lowest BCUT2D eigenvalue weighted by Gasteiger charge is -2.42. The maximum absolute atomic E-state index is 13.0. The zero-order chi connectivity index (χ0) is 20.9. The summed E-state index contributed by atoms with van der Waals surface area (Å²) >= 11 is 0. The van der Waals surface area contributed by atoms with E-state index in [4.69, 9.17) is 0 Å². The monoisotopic (exact) mass is 408 g/mol. The smallest absolute Gasteiger partial charge is 0.299 e. The van der Waals surface area contributed by atoms with E-state index in [1.165, 1.54) is 50.7 Å². The van der Waals surface area contributed by atoms with Gasteiger partial charge in [-0.3, -0.25) is 4.90 Å². The fourth-order valence-electron chi connectivity index (χ4n) is 5.18. The Balaban J connectivity index is 1.77. The topological polar surface area (TPSA) is 3.24 Å². The SMILES string of the molecule is CC(C)CCN(CC1CCCCC1)[C@@H]1CC[CH]C[C@H]1c1ccc(C(F)(F)F)cc1. The molecule has 2 fully saturated rings. The quantitative estimate of drug-likeness (QED) is 0.452. The van der Waals surface area contributed by atoms with E-state index in [0.717, 1.165) is 43.8 Å². The normalized spacial score (nSPS) is 24.4. The second kappa shape index (κ2) is 10.3. The van der Waals surface area contributed by atoms with Gasteiger partial charge in [0.2, 0.25) is 0 Å². The molecule has 2 aliphatic carbocycles. The lowest BCUT2D eigenvalue weighted by atomic mass is 9.78. The molecule has 0 N–H and O–H groups in total. The third-order valence-corrected chi connectivity index (χ3v) is 6.90. The summed E-state index contributed by atoms with van der Waals surface area (Å²) < 4.78 is 39.0. The van der Waals surface area contributed by atoms with Crippen LogP contribution in [0.2, 0.25) is 0 Å². The molecular weight excluding hydrogens is 371 g/mol. The predicted molar refractivity (Wildman–Crippen MR) is 114 cm³/mol. The van der Waals surface area contributed by atoms with Gasteiger partial charge in [-0.1, -0.05) is 45.2 Å². The van der Waals surface area contributed by atoms with E-state index in [9.17, 15) is 13.2 Å². The summed E-state index contributed by atoms with van der Waals surface area (Å²) in [7, 11) is 0. The number of hydrogen-bond donors (Lipinski definition) is 0. The molecular formula is C25H37F3N. The van der Waals surface area contributed by atoms with Gasteiger partial charge < -0.3 is 0 Å². The molecule has 1 radical (unpaired) electrons. The molecule has 163 valence electrons. The molecule has 1 aromatic carbocycles. The van der Waals surface area contributed by atoms with Crippen molar-refractivity contribution in [2.75, 3.05) is 13.1 Å². The van der Waals surface area contributed by atoms with Gasteiger partial charge in [-0.15, -0.1) is 0 Å². The van der Waals surface area contributed by atoms with Crippen LogP contribution in [0.4, 0.5) is 13.2 Å². The standard InChI is InChI=1S/C25H37F3N/c1-19(2)16-17-29(18-20-8-4-3-5-9-20)24-11-7-6-10-23(24)21-12-14-22(15-13-21)25(26,27)28/h6,12-15,19-20,23-24H,3-5,7-11,16-18H2,1-2H3/t23-,24+/m0/s1. The molecule has 0 heterocycles. The molecule has 0 amide bonds. The Hall–Kier alpha value is -1.03. The van der Waals surface area contributed by atoms with Crippen molar-refractivity contribution >= 4 is 0 Å². The van der Waals surface area contributed by atoms with Gasteiger partial charge in [-0.05, 0) is 86.9 Å². The second-order valence-electron chi connectivity index (χ2n) is 9.58. The first-order chi connectivity index (χ1) is 13.8. The van der Waals surface area contributed by atoms with E-state index in [0.29, 0.717) is 17.9 Å². The van der Waals surface area contributed by atoms with Gasteiger partial charge in [-0.2, -0.15) is 13.2 Å². The minimum absolute atomic E-state index is 0.307. The number of rotatable bonds is 7. The molecule has 2 atom stereocenters. The van der Waals surface area contributed by atoms with E-state index in [1.807, 2.05) is 0 Å². The highest BCUT2D eigenvalue weighted by Crippen LogP contribution is 2.38. The van der Waals surface area contributed by atoms with E-state index < -0.39 is 11.7 Å². The van der Waals surface area contributed by atoms with Crippen LogP contribution in [0, 0.1) is 18.3 Å². The Kier molecular flexibility index (Phi) is 8.07. The van der Waals surface area contributed by atoms with Gasteiger partial charge in [0.15, 0.2) is 0 Å². The maximum Gasteiger partial charge on any atom is 0.416 e. The van der Waals surface area contributed by atoms with Crippen molar-refractivity contribution in [3.63, 3.8) is 0 Å². The van der Waals surface area contributed by atoms with Crippen molar-refractivity contribution in [2.45, 2.75) is 89.8 Å². The molecule has 0 unspecified atom stereocenters. The molecule has 2 saturated carbocycles. The highest BCUT2D eigenvalue weighted by molar-refractivity contribution is 5.29. The van der Waals surface area contributed by atoms with Crippen LogP contribution in [-0.4, -0.2) is 24.0 Å². The molecule has 0 aromatic heterocycles. The molecule has 0 spiro atoms. The average Bonchev–Trinajstić information content (AvgIpc) is 2.71. The lowest BCUT2D eigenvalue weighted by molar-refractivity contribution is -0.137. The average molecular weight is 409 g/mol. The van der Waals surface area contributed by atoms with Crippen LogP contribution in [-0.2, 0) is 6.18 Å². The first-order valence-corrected chi connectivity index (χ1v) is 11.6. The second-order valence-corrected chi connectivity index (χ2v) is 9.58. The van der Waals surface area contributed by atoms with Crippen molar-refractivity contribution < 1.29 is 13.2 Å². The van der Waals surface area contributed by atoms with E-state index >= 15 is 0 Å². The number of alkyl halides is 3. The largest absolute Gasteiger partial charge is 0.416 e. The van der Waals surface area contributed by atoms with Gasteiger partial charge in [0.25, 0.3) is 0 Å². The molecule has 2 aliphatic rings. The summed E-state index contributed by atoms with van der Waals surface area (Å²) in [5.74, 6) is 1.76. The van der Waals surface area contributed by atoms with Gasteiger partial charge in [-0.25, -0.2) is 0 Å². The summed E-state index contributed by atoms with van der Waals surface area (Å²) in [6.07, 6.45) is 9.21. The summed E-state index contributed by atoms with van der Waals surface area (Å²) in [5.41, 5.74) is 0.522. The van der Waals surface area contributed by atoms with Crippen molar-refractivity contribution in [1.82, 2.24) is 4.90 Å². The van der Waals surface area contributed by atoms with Crippen LogP contribution in [0.25, 0.3) is 0 Å². The third kappa shape index (κ3) is 6.47. The van der Waals surface area contributed by atoms with Crippen molar-refractivity contribution in [3.8, 4) is 0 Å². The van der Waals surface area contributed by atoms with Crippen LogP contribution < -0.4 is 0 Å². The lowest BCUT2D eigenvalue weighted by Crippen LogP contribution is -2.45. The number of hydrogen-bond acceptors (Lipinski definition) is 1. The minimum Gasteiger partial charge on any atom is -0.299 e. The molecule has 0 aliphatic heterocycles. The molecule has 1 aromatic rings. The number of nitrogens with zero attached hydrogens (tertiary/aromatic N) is 1. The number of benzene rings is 1. The Labute approximate surface area is 175 Å². The van der Waals surface area contributed by atoms with Gasteiger partial charge in [0.05, 0.1) is 5.56 Å². The maximum atomic E-state index is 13.0. The molecule has 0 saturated heterocycles. The number of halogens is 3. The Morgan fingerprint density at radius 3 is 2.31 bits per heavy atom. The highest BCUT2D eigenvalue weighted by Gasteiger charge is 2.34. The highest BCUT2D eigenvalue weighted by atomic mass is 19.4. The van der Waals surface area contributed by atoms with Crippen LogP contribution in [0.15, 0.2) is 24.3 Å². The zero-order valence-electron chi connectivity index (χ0n) is 18.1. The van der Waals surface area contributed by atoms with E-state index in [-0.39, 0.29) is 0 Å². The molecule has 29 heavy (non-hydrogen) atoms. The molecule has 3 rings (SSSR count). The van der Waals surface area contributed by atoms with Crippen molar-refractivity contribution in [1.29, 1.82) is 0 Å². The summed E-state index contributed by atoms with van der Waals surface area (Å²) in [5, 5.41) is 0. The van der Waals surface area contributed by atoms with Crippen molar-refractivity contribution in [3.05, 3.63) is 41.8 Å². The fraction of sp³-hybridized carbons (Fsp3) is 0.720. The van der Waals surface area contributed by atoms with E-state index in [1.54, 1.807) is 12.1 Å². The van der Waals surface area contributed by atoms with Crippen LogP contribution in [0.1, 0.15) is 88.7 Å². The van der Waals surface area contributed by atoms with Gasteiger partial charge in [0.1, 0.15) is 0 Å². The first kappa shape index (κ1) is 22.7. The Morgan fingerprint density at radius 2 is 1.69 bits per heavy atom. The molecule has 1 nitrogen and oxygen atoms in total. The van der Waals surface area contributed by atoms with Crippen LogP contribution in [0.3, 0.4) is 0 Å². The molecule has 0 bridgehead atoms. The predicted octanol–water partition coefficient (Wildman–Crippen LogP) is 7.47. The minimum atomic E-state index is -4.26. The van der Waals surface area contributed by atoms with E-state index in [2.05, 4.69) is 25.2 Å². The summed E-state index contributed by atoms with van der Waals surface area (Å²) in [6, 6.07) is 6.42. The van der Waals surface area contributed by atoms with Crippen molar-refractivity contribution in [2.24, 2.45) is 11.8 Å². The summed E-state index contributed by atoms with van der Waals surface area (Å²) in [6.45, 7) is 6.83. The third-order valence-electron chi connectivity index (χ3n) is 6.90. The molecule has 4 heteroatoms.